The Hall–Kier alpha value is -3.60. The van der Waals surface area contributed by atoms with Gasteiger partial charge >= 0.3 is 5.97 Å². The van der Waals surface area contributed by atoms with E-state index in [1.165, 1.54) is 5.56 Å². The standard InChI is InChI=1S/C27H28N2O3/c1-5-32-26(31)19-12-16-21(17-13-19)29-24(18-10-14-20(15-11-18)27(2,3)4)28-23-9-7-6-8-22(23)25(29)30/h6-17,24,28H,5H2,1-4H3/t24-/m1/s1. The molecule has 1 N–H and O–H groups in total. The van der Waals surface area contributed by atoms with E-state index in [1.807, 2.05) is 24.3 Å². The predicted molar refractivity (Wildman–Crippen MR) is 127 cm³/mol. The minimum Gasteiger partial charge on any atom is -0.462 e. The SMILES string of the molecule is CCOC(=O)c1ccc(N2C(=O)c3ccccc3N[C@H]2c2ccc(C(C)(C)C)cc2)cc1. The highest BCUT2D eigenvalue weighted by Gasteiger charge is 2.34. The van der Waals surface area contributed by atoms with E-state index in [0.717, 1.165) is 11.3 Å². The Morgan fingerprint density at radius 1 is 0.969 bits per heavy atom. The topological polar surface area (TPSA) is 58.6 Å². The van der Waals surface area contributed by atoms with Crippen LogP contribution in [-0.4, -0.2) is 18.5 Å². The van der Waals surface area contributed by atoms with Crippen molar-refractivity contribution in [2.24, 2.45) is 0 Å². The molecule has 1 amide bonds. The average Bonchev–Trinajstić information content (AvgIpc) is 2.79. The number of hydrogen-bond donors (Lipinski definition) is 1. The average molecular weight is 429 g/mol. The summed E-state index contributed by atoms with van der Waals surface area (Å²) in [4.78, 5) is 27.3. The van der Waals surface area contributed by atoms with Crippen molar-refractivity contribution >= 4 is 23.3 Å². The van der Waals surface area contributed by atoms with Crippen LogP contribution in [0.3, 0.4) is 0 Å². The highest BCUT2D eigenvalue weighted by atomic mass is 16.5. The number of fused-ring (bicyclic) bond motifs is 1. The van der Waals surface area contributed by atoms with E-state index in [0.29, 0.717) is 23.4 Å². The summed E-state index contributed by atoms with van der Waals surface area (Å²) >= 11 is 0. The van der Waals surface area contributed by atoms with Crippen molar-refractivity contribution in [1.29, 1.82) is 0 Å². The third-order valence-corrected chi connectivity index (χ3v) is 5.68. The first-order chi connectivity index (χ1) is 15.3. The molecule has 0 saturated carbocycles. The van der Waals surface area contributed by atoms with Gasteiger partial charge in [0.05, 0.1) is 17.7 Å². The molecule has 0 aliphatic carbocycles. The van der Waals surface area contributed by atoms with Crippen LogP contribution in [0, 0.1) is 0 Å². The van der Waals surface area contributed by atoms with Crippen LogP contribution in [0.2, 0.25) is 0 Å². The molecule has 3 aromatic rings. The lowest BCUT2D eigenvalue weighted by Gasteiger charge is -2.38. The fraction of sp³-hybridized carbons (Fsp3) is 0.259. The molecule has 0 fully saturated rings. The van der Waals surface area contributed by atoms with Gasteiger partial charge in [-0.15, -0.1) is 0 Å². The fourth-order valence-corrected chi connectivity index (χ4v) is 3.89. The van der Waals surface area contributed by atoms with Crippen LogP contribution < -0.4 is 10.2 Å². The van der Waals surface area contributed by atoms with Gasteiger partial charge in [-0.2, -0.15) is 0 Å². The summed E-state index contributed by atoms with van der Waals surface area (Å²) < 4.78 is 5.08. The normalized spacial score (nSPS) is 15.7. The van der Waals surface area contributed by atoms with E-state index in [1.54, 1.807) is 36.1 Å². The monoisotopic (exact) mass is 428 g/mol. The minimum absolute atomic E-state index is 0.0452. The Kier molecular flexibility index (Phi) is 5.74. The lowest BCUT2D eigenvalue weighted by molar-refractivity contribution is 0.0526. The Labute approximate surface area is 189 Å². The van der Waals surface area contributed by atoms with Gasteiger partial charge in [-0.05, 0) is 59.9 Å². The predicted octanol–water partition coefficient (Wildman–Crippen LogP) is 5.93. The van der Waals surface area contributed by atoms with Gasteiger partial charge in [-0.3, -0.25) is 9.69 Å². The van der Waals surface area contributed by atoms with Gasteiger partial charge in [0.15, 0.2) is 0 Å². The molecule has 0 saturated heterocycles. The Bertz CT molecular complexity index is 1130. The number of para-hydroxylation sites is 1. The van der Waals surface area contributed by atoms with E-state index in [4.69, 9.17) is 4.74 Å². The summed E-state index contributed by atoms with van der Waals surface area (Å²) in [6.45, 7) is 8.63. The summed E-state index contributed by atoms with van der Waals surface area (Å²) in [5.41, 5.74) is 4.84. The molecule has 0 unspecified atom stereocenters. The van der Waals surface area contributed by atoms with Crippen molar-refractivity contribution in [3.05, 3.63) is 95.1 Å². The van der Waals surface area contributed by atoms with Crippen molar-refractivity contribution in [3.8, 4) is 0 Å². The van der Waals surface area contributed by atoms with E-state index in [-0.39, 0.29) is 23.5 Å². The number of anilines is 2. The van der Waals surface area contributed by atoms with Gasteiger partial charge in [-0.1, -0.05) is 57.2 Å². The first-order valence-electron chi connectivity index (χ1n) is 10.9. The largest absolute Gasteiger partial charge is 0.462 e. The third kappa shape index (κ3) is 4.11. The molecule has 5 nitrogen and oxygen atoms in total. The molecular weight excluding hydrogens is 400 g/mol. The Morgan fingerprint density at radius 3 is 2.25 bits per heavy atom. The quantitative estimate of drug-likeness (QED) is 0.523. The van der Waals surface area contributed by atoms with Gasteiger partial charge in [0.25, 0.3) is 5.91 Å². The molecule has 0 spiro atoms. The molecule has 32 heavy (non-hydrogen) atoms. The number of ether oxygens (including phenoxy) is 1. The van der Waals surface area contributed by atoms with Crippen LogP contribution in [-0.2, 0) is 10.2 Å². The van der Waals surface area contributed by atoms with Crippen LogP contribution in [0.15, 0.2) is 72.8 Å². The molecule has 0 aromatic heterocycles. The number of carbonyl (C=O) groups excluding carboxylic acids is 2. The second-order valence-electron chi connectivity index (χ2n) is 8.91. The maximum Gasteiger partial charge on any atom is 0.338 e. The summed E-state index contributed by atoms with van der Waals surface area (Å²) in [6, 6.07) is 22.9. The van der Waals surface area contributed by atoms with Crippen molar-refractivity contribution < 1.29 is 14.3 Å². The first-order valence-corrected chi connectivity index (χ1v) is 10.9. The lowest BCUT2D eigenvalue weighted by Crippen LogP contribution is -2.43. The summed E-state index contributed by atoms with van der Waals surface area (Å²) in [5, 5.41) is 3.52. The molecule has 1 aliphatic rings. The van der Waals surface area contributed by atoms with Gasteiger partial charge in [0.1, 0.15) is 6.17 Å². The number of nitrogens with one attached hydrogen (secondary N) is 1. The summed E-state index contributed by atoms with van der Waals surface area (Å²) in [7, 11) is 0. The fourth-order valence-electron chi connectivity index (χ4n) is 3.89. The molecule has 1 aliphatic heterocycles. The molecule has 5 heteroatoms. The molecule has 4 rings (SSSR count). The molecule has 164 valence electrons. The molecule has 3 aromatic carbocycles. The van der Waals surface area contributed by atoms with Crippen LogP contribution in [0.5, 0.6) is 0 Å². The Morgan fingerprint density at radius 2 is 1.62 bits per heavy atom. The zero-order chi connectivity index (χ0) is 22.9. The van der Waals surface area contributed by atoms with Crippen molar-refractivity contribution in [3.63, 3.8) is 0 Å². The van der Waals surface area contributed by atoms with E-state index in [2.05, 4.69) is 50.4 Å². The number of esters is 1. The van der Waals surface area contributed by atoms with Crippen molar-refractivity contribution in [2.75, 3.05) is 16.8 Å². The van der Waals surface area contributed by atoms with Crippen LogP contribution in [0.1, 0.15) is 65.7 Å². The number of amides is 1. The Balaban J connectivity index is 1.75. The van der Waals surface area contributed by atoms with Gasteiger partial charge in [-0.25, -0.2) is 4.79 Å². The number of benzene rings is 3. The number of nitrogens with zero attached hydrogens (tertiary/aromatic N) is 1. The van der Waals surface area contributed by atoms with E-state index < -0.39 is 0 Å². The summed E-state index contributed by atoms with van der Waals surface area (Å²) in [6.07, 6.45) is -0.375. The first kappa shape index (κ1) is 21.6. The minimum atomic E-state index is -0.375. The highest BCUT2D eigenvalue weighted by Crippen LogP contribution is 2.37. The van der Waals surface area contributed by atoms with Gasteiger partial charge in [0, 0.05) is 11.4 Å². The maximum absolute atomic E-state index is 13.5. The van der Waals surface area contributed by atoms with Gasteiger partial charge in [0.2, 0.25) is 0 Å². The highest BCUT2D eigenvalue weighted by molar-refractivity contribution is 6.12. The van der Waals surface area contributed by atoms with Crippen LogP contribution >= 0.6 is 0 Å². The summed E-state index contributed by atoms with van der Waals surface area (Å²) in [5.74, 6) is -0.463. The molecule has 0 bridgehead atoms. The smallest absolute Gasteiger partial charge is 0.338 e. The lowest BCUT2D eigenvalue weighted by atomic mass is 9.86. The second kappa shape index (κ2) is 8.50. The zero-order valence-electron chi connectivity index (χ0n) is 18.9. The molecule has 1 heterocycles. The van der Waals surface area contributed by atoms with Crippen LogP contribution in [0.25, 0.3) is 0 Å². The molecular formula is C27H28N2O3. The third-order valence-electron chi connectivity index (χ3n) is 5.68. The van der Waals surface area contributed by atoms with E-state index >= 15 is 0 Å². The number of carbonyl (C=O) groups is 2. The maximum atomic E-state index is 13.5. The van der Waals surface area contributed by atoms with Crippen LogP contribution in [0.4, 0.5) is 11.4 Å². The van der Waals surface area contributed by atoms with Crippen molar-refractivity contribution in [2.45, 2.75) is 39.3 Å². The zero-order valence-corrected chi connectivity index (χ0v) is 18.9. The number of hydrogen-bond acceptors (Lipinski definition) is 4. The van der Waals surface area contributed by atoms with E-state index in [9.17, 15) is 9.59 Å². The molecule has 0 radical (unpaired) electrons. The number of rotatable bonds is 4. The van der Waals surface area contributed by atoms with Gasteiger partial charge < -0.3 is 10.1 Å². The van der Waals surface area contributed by atoms with Crippen molar-refractivity contribution in [1.82, 2.24) is 0 Å². The molecule has 1 atom stereocenters. The second-order valence-corrected chi connectivity index (χ2v) is 8.91.